The smallest absolute Gasteiger partial charge is 0.258 e. The molecule has 4 rings (SSSR count). The first kappa shape index (κ1) is 18.1. The normalized spacial score (nSPS) is 19.3. The SMILES string of the molecule is COc1cc2nn([C@H]3CC[C@H](C=O)CC3)cc2cc1NC(=O)c1cncnc1. The maximum absolute atomic E-state index is 12.4. The Hall–Kier alpha value is -3.29. The van der Waals surface area contributed by atoms with E-state index in [-0.39, 0.29) is 17.9 Å². The van der Waals surface area contributed by atoms with Gasteiger partial charge in [0.2, 0.25) is 0 Å². The highest BCUT2D eigenvalue weighted by Crippen LogP contribution is 2.34. The summed E-state index contributed by atoms with van der Waals surface area (Å²) in [6, 6.07) is 3.96. The van der Waals surface area contributed by atoms with Gasteiger partial charge in [0.05, 0.1) is 29.9 Å². The van der Waals surface area contributed by atoms with Crippen LogP contribution in [0.2, 0.25) is 0 Å². The Morgan fingerprint density at radius 2 is 1.96 bits per heavy atom. The first-order valence-electron chi connectivity index (χ1n) is 9.26. The average Bonchev–Trinajstić information content (AvgIpc) is 3.16. The minimum atomic E-state index is -0.308. The lowest BCUT2D eigenvalue weighted by atomic mass is 9.87. The molecule has 28 heavy (non-hydrogen) atoms. The number of rotatable bonds is 5. The zero-order valence-corrected chi connectivity index (χ0v) is 15.5. The van der Waals surface area contributed by atoms with Crippen molar-refractivity contribution in [3.63, 3.8) is 0 Å². The molecule has 1 aliphatic rings. The van der Waals surface area contributed by atoms with E-state index in [0.717, 1.165) is 42.9 Å². The number of amides is 1. The number of hydrogen-bond acceptors (Lipinski definition) is 6. The highest BCUT2D eigenvalue weighted by atomic mass is 16.5. The molecule has 0 radical (unpaired) electrons. The van der Waals surface area contributed by atoms with E-state index in [2.05, 4.69) is 20.4 Å². The number of fused-ring (bicyclic) bond motifs is 1. The minimum Gasteiger partial charge on any atom is -0.494 e. The molecule has 2 aromatic heterocycles. The molecule has 1 aromatic carbocycles. The maximum Gasteiger partial charge on any atom is 0.258 e. The van der Waals surface area contributed by atoms with Crippen LogP contribution in [0.1, 0.15) is 42.1 Å². The number of aldehydes is 1. The third kappa shape index (κ3) is 3.58. The number of nitrogens with one attached hydrogen (secondary N) is 1. The highest BCUT2D eigenvalue weighted by molar-refractivity contribution is 6.05. The van der Waals surface area contributed by atoms with Gasteiger partial charge >= 0.3 is 0 Å². The van der Waals surface area contributed by atoms with E-state index in [0.29, 0.717) is 17.0 Å². The topological polar surface area (TPSA) is 99.0 Å². The molecular weight excluding hydrogens is 358 g/mol. The molecular formula is C20H21N5O3. The van der Waals surface area contributed by atoms with Gasteiger partial charge in [-0.2, -0.15) is 5.10 Å². The summed E-state index contributed by atoms with van der Waals surface area (Å²) in [6.07, 6.45) is 11.0. The van der Waals surface area contributed by atoms with Crippen molar-refractivity contribution in [3.05, 3.63) is 42.6 Å². The molecule has 1 amide bonds. The van der Waals surface area contributed by atoms with Crippen LogP contribution >= 0.6 is 0 Å². The molecule has 0 atom stereocenters. The number of anilines is 1. The zero-order valence-electron chi connectivity index (χ0n) is 15.5. The predicted molar refractivity (Wildman–Crippen MR) is 103 cm³/mol. The Morgan fingerprint density at radius 1 is 1.21 bits per heavy atom. The number of ether oxygens (including phenoxy) is 1. The van der Waals surface area contributed by atoms with Crippen LogP contribution in [0.3, 0.4) is 0 Å². The summed E-state index contributed by atoms with van der Waals surface area (Å²) in [5.41, 5.74) is 1.73. The number of hydrogen-bond donors (Lipinski definition) is 1. The summed E-state index contributed by atoms with van der Waals surface area (Å²) < 4.78 is 7.41. The zero-order chi connectivity index (χ0) is 19.5. The molecule has 3 aromatic rings. The second kappa shape index (κ2) is 7.75. The number of benzene rings is 1. The van der Waals surface area contributed by atoms with Gasteiger partial charge in [0.25, 0.3) is 5.91 Å². The van der Waals surface area contributed by atoms with Gasteiger partial charge in [0.1, 0.15) is 18.4 Å². The number of nitrogens with zero attached hydrogens (tertiary/aromatic N) is 4. The van der Waals surface area contributed by atoms with Crippen LogP contribution in [0.15, 0.2) is 37.1 Å². The fourth-order valence-corrected chi connectivity index (χ4v) is 3.64. The third-order valence-corrected chi connectivity index (χ3v) is 5.22. The van der Waals surface area contributed by atoms with Gasteiger partial charge in [0.15, 0.2) is 0 Å². The van der Waals surface area contributed by atoms with E-state index in [1.807, 2.05) is 23.0 Å². The lowest BCUT2D eigenvalue weighted by Gasteiger charge is -2.25. The summed E-state index contributed by atoms with van der Waals surface area (Å²) in [5.74, 6) is 0.399. The Balaban J connectivity index is 1.60. The van der Waals surface area contributed by atoms with Gasteiger partial charge in [-0.1, -0.05) is 0 Å². The second-order valence-corrected chi connectivity index (χ2v) is 7.01. The van der Waals surface area contributed by atoms with Crippen molar-refractivity contribution >= 4 is 28.8 Å². The quantitative estimate of drug-likeness (QED) is 0.684. The molecule has 1 N–H and O–H groups in total. The van der Waals surface area contributed by atoms with Crippen LogP contribution in [0.5, 0.6) is 5.75 Å². The van der Waals surface area contributed by atoms with Crippen LogP contribution in [-0.2, 0) is 4.79 Å². The molecule has 144 valence electrons. The van der Waals surface area contributed by atoms with Crippen LogP contribution < -0.4 is 10.1 Å². The Bertz CT molecular complexity index is 994. The van der Waals surface area contributed by atoms with Crippen molar-refractivity contribution in [1.29, 1.82) is 0 Å². The largest absolute Gasteiger partial charge is 0.494 e. The minimum absolute atomic E-state index is 0.171. The van der Waals surface area contributed by atoms with Gasteiger partial charge in [-0.25, -0.2) is 9.97 Å². The molecule has 8 nitrogen and oxygen atoms in total. The number of aromatic nitrogens is 4. The number of carbonyl (C=O) groups is 2. The van der Waals surface area contributed by atoms with Crippen molar-refractivity contribution in [2.75, 3.05) is 12.4 Å². The average molecular weight is 379 g/mol. The van der Waals surface area contributed by atoms with E-state index in [4.69, 9.17) is 4.74 Å². The summed E-state index contributed by atoms with van der Waals surface area (Å²) >= 11 is 0. The van der Waals surface area contributed by atoms with Gasteiger partial charge < -0.3 is 14.8 Å². The number of carbonyl (C=O) groups excluding carboxylic acids is 2. The van der Waals surface area contributed by atoms with Crippen molar-refractivity contribution in [3.8, 4) is 5.75 Å². The summed E-state index contributed by atoms with van der Waals surface area (Å²) in [6.45, 7) is 0. The second-order valence-electron chi connectivity index (χ2n) is 7.01. The lowest BCUT2D eigenvalue weighted by Crippen LogP contribution is -2.19. The van der Waals surface area contributed by atoms with E-state index < -0.39 is 0 Å². The molecule has 0 spiro atoms. The molecule has 1 aliphatic carbocycles. The number of methoxy groups -OCH3 is 1. The highest BCUT2D eigenvalue weighted by Gasteiger charge is 2.23. The van der Waals surface area contributed by atoms with Crippen LogP contribution in [-0.4, -0.2) is 39.1 Å². The van der Waals surface area contributed by atoms with Crippen molar-refractivity contribution in [2.45, 2.75) is 31.7 Å². The third-order valence-electron chi connectivity index (χ3n) is 5.22. The van der Waals surface area contributed by atoms with Crippen molar-refractivity contribution in [2.24, 2.45) is 5.92 Å². The maximum atomic E-state index is 12.4. The fourth-order valence-electron chi connectivity index (χ4n) is 3.64. The summed E-state index contributed by atoms with van der Waals surface area (Å²) in [5, 5.41) is 8.46. The summed E-state index contributed by atoms with van der Waals surface area (Å²) in [4.78, 5) is 31.1. The van der Waals surface area contributed by atoms with Crippen molar-refractivity contribution in [1.82, 2.24) is 19.7 Å². The first-order valence-corrected chi connectivity index (χ1v) is 9.26. The Kier molecular flexibility index (Phi) is 5.01. The molecule has 1 fully saturated rings. The van der Waals surface area contributed by atoms with Crippen molar-refractivity contribution < 1.29 is 14.3 Å². The Labute approximate surface area is 161 Å². The molecule has 0 saturated heterocycles. The van der Waals surface area contributed by atoms with E-state index in [1.54, 1.807) is 7.11 Å². The fraction of sp³-hybridized carbons (Fsp3) is 0.350. The van der Waals surface area contributed by atoms with Gasteiger partial charge in [-0.3, -0.25) is 9.48 Å². The standard InChI is InChI=1S/C20H21N5O3/c1-28-19-7-17-14(6-18(19)23-20(27)15-8-21-12-22-9-15)10-25(24-17)16-4-2-13(11-26)3-5-16/h6-13,16H,2-5H2,1H3,(H,23,27)/t13-,16-. The predicted octanol–water partition coefficient (Wildman–Crippen LogP) is 3.02. The molecule has 0 unspecified atom stereocenters. The van der Waals surface area contributed by atoms with Crippen LogP contribution in [0, 0.1) is 5.92 Å². The van der Waals surface area contributed by atoms with Gasteiger partial charge in [-0.15, -0.1) is 0 Å². The van der Waals surface area contributed by atoms with Gasteiger partial charge in [-0.05, 0) is 31.7 Å². The van der Waals surface area contributed by atoms with Crippen LogP contribution in [0.4, 0.5) is 5.69 Å². The van der Waals surface area contributed by atoms with Gasteiger partial charge in [0, 0.05) is 36.0 Å². The monoisotopic (exact) mass is 379 g/mol. The lowest BCUT2D eigenvalue weighted by molar-refractivity contribution is -0.112. The van der Waals surface area contributed by atoms with Crippen LogP contribution in [0.25, 0.3) is 10.9 Å². The van der Waals surface area contributed by atoms with E-state index in [9.17, 15) is 9.59 Å². The first-order chi connectivity index (χ1) is 13.7. The Morgan fingerprint density at radius 3 is 2.64 bits per heavy atom. The van der Waals surface area contributed by atoms with E-state index in [1.165, 1.54) is 18.7 Å². The molecule has 8 heteroatoms. The molecule has 0 bridgehead atoms. The summed E-state index contributed by atoms with van der Waals surface area (Å²) in [7, 11) is 1.56. The molecule has 1 saturated carbocycles. The molecule has 2 heterocycles. The van der Waals surface area contributed by atoms with E-state index >= 15 is 0 Å². The molecule has 0 aliphatic heterocycles.